The molecule has 0 aliphatic carbocycles. The van der Waals surface area contributed by atoms with Gasteiger partial charge in [0.2, 0.25) is 5.91 Å². The molecule has 0 bridgehead atoms. The average molecular weight is 334 g/mol. The Labute approximate surface area is 139 Å². The van der Waals surface area contributed by atoms with Crippen LogP contribution in [0.5, 0.6) is 0 Å². The predicted molar refractivity (Wildman–Crippen MR) is 87.1 cm³/mol. The van der Waals surface area contributed by atoms with E-state index in [1.807, 2.05) is 24.3 Å². The SMILES string of the molecule is O=C(NCc1ccc(F)cc1)C1CNNC1c1ccc(Cl)cc1. The number of carbonyl (C=O) groups is 1. The van der Waals surface area contributed by atoms with Gasteiger partial charge in [-0.25, -0.2) is 9.82 Å². The maximum Gasteiger partial charge on any atom is 0.226 e. The van der Waals surface area contributed by atoms with Gasteiger partial charge in [-0.2, -0.15) is 0 Å². The average Bonchev–Trinajstić information content (AvgIpc) is 3.04. The van der Waals surface area contributed by atoms with Gasteiger partial charge in [0, 0.05) is 18.1 Å². The quantitative estimate of drug-likeness (QED) is 0.806. The summed E-state index contributed by atoms with van der Waals surface area (Å²) in [7, 11) is 0. The van der Waals surface area contributed by atoms with Gasteiger partial charge in [0.25, 0.3) is 0 Å². The smallest absolute Gasteiger partial charge is 0.226 e. The molecule has 0 aromatic heterocycles. The molecule has 6 heteroatoms. The molecule has 120 valence electrons. The fraction of sp³-hybridized carbons (Fsp3) is 0.235. The highest BCUT2D eigenvalue weighted by molar-refractivity contribution is 6.30. The summed E-state index contributed by atoms with van der Waals surface area (Å²) in [6, 6.07) is 13.4. The van der Waals surface area contributed by atoms with Crippen LogP contribution in [0.2, 0.25) is 5.02 Å². The van der Waals surface area contributed by atoms with Crippen LogP contribution in [0, 0.1) is 11.7 Å². The summed E-state index contributed by atoms with van der Waals surface area (Å²) < 4.78 is 12.9. The Hall–Kier alpha value is -1.95. The van der Waals surface area contributed by atoms with Crippen LogP contribution >= 0.6 is 11.6 Å². The molecule has 1 aliphatic rings. The topological polar surface area (TPSA) is 53.2 Å². The number of benzene rings is 2. The molecule has 3 rings (SSSR count). The Kier molecular flexibility index (Phi) is 4.91. The van der Waals surface area contributed by atoms with Crippen molar-refractivity contribution < 1.29 is 9.18 Å². The summed E-state index contributed by atoms with van der Waals surface area (Å²) in [5.74, 6) is -0.560. The van der Waals surface area contributed by atoms with Crippen LogP contribution in [-0.4, -0.2) is 12.5 Å². The Morgan fingerprint density at radius 2 is 1.87 bits per heavy atom. The fourth-order valence-corrected chi connectivity index (χ4v) is 2.78. The molecule has 4 nitrogen and oxygen atoms in total. The van der Waals surface area contributed by atoms with Crippen LogP contribution in [-0.2, 0) is 11.3 Å². The van der Waals surface area contributed by atoms with Gasteiger partial charge in [-0.1, -0.05) is 35.9 Å². The Morgan fingerprint density at radius 3 is 2.57 bits per heavy atom. The Bertz CT molecular complexity index is 675. The summed E-state index contributed by atoms with van der Waals surface area (Å²) in [5, 5.41) is 3.57. The lowest BCUT2D eigenvalue weighted by Crippen LogP contribution is -2.34. The van der Waals surface area contributed by atoms with Crippen molar-refractivity contribution >= 4 is 17.5 Å². The van der Waals surface area contributed by atoms with Crippen molar-refractivity contribution in [3.63, 3.8) is 0 Å². The van der Waals surface area contributed by atoms with E-state index in [2.05, 4.69) is 16.2 Å². The molecule has 1 saturated heterocycles. The second-order valence-electron chi connectivity index (χ2n) is 5.51. The Balaban J connectivity index is 1.63. The van der Waals surface area contributed by atoms with Gasteiger partial charge < -0.3 is 5.32 Å². The van der Waals surface area contributed by atoms with E-state index in [0.717, 1.165) is 11.1 Å². The molecule has 2 atom stereocenters. The summed E-state index contributed by atoms with van der Waals surface area (Å²) in [5.41, 5.74) is 8.02. The monoisotopic (exact) mass is 333 g/mol. The minimum atomic E-state index is -0.285. The van der Waals surface area contributed by atoms with Gasteiger partial charge in [0.1, 0.15) is 5.82 Å². The number of amides is 1. The third-order valence-corrected chi connectivity index (χ3v) is 4.18. The van der Waals surface area contributed by atoms with E-state index < -0.39 is 0 Å². The van der Waals surface area contributed by atoms with E-state index in [1.54, 1.807) is 12.1 Å². The van der Waals surface area contributed by atoms with Crippen LogP contribution in [0.3, 0.4) is 0 Å². The van der Waals surface area contributed by atoms with E-state index in [-0.39, 0.29) is 23.7 Å². The van der Waals surface area contributed by atoms with Crippen molar-refractivity contribution in [2.45, 2.75) is 12.6 Å². The summed E-state index contributed by atoms with van der Waals surface area (Å²) >= 11 is 5.90. The molecule has 1 aliphatic heterocycles. The lowest BCUT2D eigenvalue weighted by Gasteiger charge is -2.18. The molecule has 2 aromatic carbocycles. The molecule has 2 aromatic rings. The number of halogens is 2. The number of hydrazine groups is 1. The molecule has 0 radical (unpaired) electrons. The first kappa shape index (κ1) is 15.9. The van der Waals surface area contributed by atoms with E-state index in [1.165, 1.54) is 12.1 Å². The summed E-state index contributed by atoms with van der Waals surface area (Å²) in [4.78, 5) is 12.4. The van der Waals surface area contributed by atoms with Gasteiger partial charge in [0.15, 0.2) is 0 Å². The minimum absolute atomic E-state index is 0.0493. The van der Waals surface area contributed by atoms with Crippen molar-refractivity contribution in [3.8, 4) is 0 Å². The first-order chi connectivity index (χ1) is 11.1. The van der Waals surface area contributed by atoms with Crippen molar-refractivity contribution in [2.75, 3.05) is 6.54 Å². The molecule has 1 amide bonds. The number of hydrogen-bond acceptors (Lipinski definition) is 3. The first-order valence-corrected chi connectivity index (χ1v) is 7.77. The second-order valence-corrected chi connectivity index (χ2v) is 5.94. The van der Waals surface area contributed by atoms with Crippen molar-refractivity contribution in [2.24, 2.45) is 5.92 Å². The molecule has 23 heavy (non-hydrogen) atoms. The lowest BCUT2D eigenvalue weighted by molar-refractivity contribution is -0.125. The molecule has 0 saturated carbocycles. The number of hydrogen-bond donors (Lipinski definition) is 3. The molecule has 0 spiro atoms. The fourth-order valence-electron chi connectivity index (χ4n) is 2.65. The van der Waals surface area contributed by atoms with Crippen molar-refractivity contribution in [3.05, 3.63) is 70.5 Å². The van der Waals surface area contributed by atoms with Crippen LogP contribution in [0.15, 0.2) is 48.5 Å². The van der Waals surface area contributed by atoms with Gasteiger partial charge in [-0.15, -0.1) is 0 Å². The van der Waals surface area contributed by atoms with Crippen molar-refractivity contribution in [1.82, 2.24) is 16.2 Å². The third kappa shape index (κ3) is 3.88. The van der Waals surface area contributed by atoms with Gasteiger partial charge >= 0.3 is 0 Å². The zero-order chi connectivity index (χ0) is 16.2. The standard InChI is InChI=1S/C17H17ClFN3O/c18-13-5-3-12(4-6-13)16-15(10-21-22-16)17(23)20-9-11-1-7-14(19)8-2-11/h1-8,15-16,21-22H,9-10H2,(H,20,23). The van der Waals surface area contributed by atoms with Crippen LogP contribution in [0.25, 0.3) is 0 Å². The second kappa shape index (κ2) is 7.08. The molecule has 3 N–H and O–H groups in total. The van der Waals surface area contributed by atoms with E-state index >= 15 is 0 Å². The zero-order valence-electron chi connectivity index (χ0n) is 12.4. The number of rotatable bonds is 4. The predicted octanol–water partition coefficient (Wildman–Crippen LogP) is 2.56. The largest absolute Gasteiger partial charge is 0.352 e. The lowest BCUT2D eigenvalue weighted by atomic mass is 9.94. The van der Waals surface area contributed by atoms with Crippen LogP contribution in [0.4, 0.5) is 4.39 Å². The molecule has 2 unspecified atom stereocenters. The number of nitrogens with one attached hydrogen (secondary N) is 3. The van der Waals surface area contributed by atoms with E-state index in [4.69, 9.17) is 11.6 Å². The highest BCUT2D eigenvalue weighted by atomic mass is 35.5. The molecule has 1 fully saturated rings. The van der Waals surface area contributed by atoms with Gasteiger partial charge in [0.05, 0.1) is 12.0 Å². The van der Waals surface area contributed by atoms with Crippen LogP contribution in [0.1, 0.15) is 17.2 Å². The maximum atomic E-state index is 12.9. The molecule has 1 heterocycles. The maximum absolute atomic E-state index is 12.9. The first-order valence-electron chi connectivity index (χ1n) is 7.39. The summed E-state index contributed by atoms with van der Waals surface area (Å²) in [6.45, 7) is 0.922. The van der Waals surface area contributed by atoms with Gasteiger partial charge in [-0.3, -0.25) is 10.2 Å². The summed E-state index contributed by atoms with van der Waals surface area (Å²) in [6.07, 6.45) is 0. The molecular formula is C17H17ClFN3O. The highest BCUT2D eigenvalue weighted by Crippen LogP contribution is 2.26. The number of carbonyl (C=O) groups excluding carboxylic acids is 1. The zero-order valence-corrected chi connectivity index (χ0v) is 13.1. The Morgan fingerprint density at radius 1 is 1.17 bits per heavy atom. The van der Waals surface area contributed by atoms with Crippen molar-refractivity contribution in [1.29, 1.82) is 0 Å². The van der Waals surface area contributed by atoms with Gasteiger partial charge in [-0.05, 0) is 35.4 Å². The highest BCUT2D eigenvalue weighted by Gasteiger charge is 2.33. The normalized spacial score (nSPS) is 20.4. The molecular weight excluding hydrogens is 317 g/mol. The van der Waals surface area contributed by atoms with Crippen LogP contribution < -0.4 is 16.2 Å². The minimum Gasteiger partial charge on any atom is -0.352 e. The van der Waals surface area contributed by atoms with E-state index in [0.29, 0.717) is 18.1 Å². The third-order valence-electron chi connectivity index (χ3n) is 3.93. The van der Waals surface area contributed by atoms with E-state index in [9.17, 15) is 9.18 Å².